The van der Waals surface area contributed by atoms with Crippen LogP contribution in [0.25, 0.3) is 0 Å². The van der Waals surface area contributed by atoms with E-state index in [1.807, 2.05) is 13.8 Å². The molecule has 0 fully saturated rings. The van der Waals surface area contributed by atoms with Gasteiger partial charge in [-0.05, 0) is 46.2 Å². The monoisotopic (exact) mass is 247 g/mol. The Hall–Kier alpha value is -0.160. The van der Waals surface area contributed by atoms with Gasteiger partial charge in [0.05, 0.1) is 0 Å². The highest BCUT2D eigenvalue weighted by molar-refractivity contribution is 4.52. The van der Waals surface area contributed by atoms with Crippen LogP contribution in [0, 0.1) is 0 Å². The minimum Gasteiger partial charge on any atom is -0.385 e. The van der Waals surface area contributed by atoms with Crippen molar-refractivity contribution in [2.75, 3.05) is 40.0 Å². The van der Waals surface area contributed by atoms with Gasteiger partial charge in [0.25, 0.3) is 0 Å². The van der Waals surface area contributed by atoms with E-state index in [-0.39, 0.29) is 6.29 Å². The average molecular weight is 247 g/mol. The van der Waals surface area contributed by atoms with Crippen molar-refractivity contribution in [1.29, 1.82) is 0 Å². The lowest BCUT2D eigenvalue weighted by molar-refractivity contribution is -0.138. The molecule has 0 spiro atoms. The highest BCUT2D eigenvalue weighted by Gasteiger charge is 2.06. The number of methoxy groups -OCH3 is 1. The molecule has 0 saturated carbocycles. The van der Waals surface area contributed by atoms with Crippen molar-refractivity contribution >= 4 is 0 Å². The van der Waals surface area contributed by atoms with E-state index in [1.54, 1.807) is 7.11 Å². The van der Waals surface area contributed by atoms with Crippen LogP contribution in [0.15, 0.2) is 0 Å². The van der Waals surface area contributed by atoms with E-state index < -0.39 is 0 Å². The van der Waals surface area contributed by atoms with Crippen molar-refractivity contribution in [3.8, 4) is 0 Å². The Bertz CT molecular complexity index is 139. The van der Waals surface area contributed by atoms with Gasteiger partial charge in [-0.25, -0.2) is 0 Å². The second-order valence-electron chi connectivity index (χ2n) is 3.93. The Morgan fingerprint density at radius 3 is 2.24 bits per heavy atom. The lowest BCUT2D eigenvalue weighted by Gasteiger charge is -2.16. The highest BCUT2D eigenvalue weighted by Crippen LogP contribution is 2.00. The minimum absolute atomic E-state index is 0.0500. The van der Waals surface area contributed by atoms with Crippen molar-refractivity contribution in [1.82, 2.24) is 5.32 Å². The first-order valence-corrected chi connectivity index (χ1v) is 6.78. The maximum Gasteiger partial charge on any atom is 0.158 e. The molecule has 0 aliphatic heterocycles. The molecule has 0 radical (unpaired) electrons. The quantitative estimate of drug-likeness (QED) is 0.400. The van der Waals surface area contributed by atoms with Crippen molar-refractivity contribution in [2.45, 2.75) is 45.8 Å². The smallest absolute Gasteiger partial charge is 0.158 e. The average Bonchev–Trinajstić information content (AvgIpc) is 2.33. The largest absolute Gasteiger partial charge is 0.385 e. The summed E-state index contributed by atoms with van der Waals surface area (Å²) in [7, 11) is 1.75. The zero-order valence-corrected chi connectivity index (χ0v) is 11.7. The van der Waals surface area contributed by atoms with Crippen LogP contribution >= 0.6 is 0 Å². The van der Waals surface area contributed by atoms with Gasteiger partial charge in [0.2, 0.25) is 0 Å². The molecule has 0 saturated heterocycles. The molecular formula is C13H29NO3. The molecule has 4 nitrogen and oxygen atoms in total. The Labute approximate surface area is 106 Å². The number of rotatable bonds is 13. The molecule has 0 aromatic heterocycles. The summed E-state index contributed by atoms with van der Waals surface area (Å²) in [5.41, 5.74) is 0. The Morgan fingerprint density at radius 1 is 0.941 bits per heavy atom. The van der Waals surface area contributed by atoms with Crippen LogP contribution in [0.1, 0.15) is 39.5 Å². The standard InChI is InChI=1S/C13H29NO3/c1-4-16-13(17-5-2)9-11-14-10-7-6-8-12-15-3/h13-14H,4-12H2,1-3H3. The molecule has 0 atom stereocenters. The summed E-state index contributed by atoms with van der Waals surface area (Å²) in [6, 6.07) is 0. The fraction of sp³-hybridized carbons (Fsp3) is 1.00. The van der Waals surface area contributed by atoms with E-state index in [9.17, 15) is 0 Å². The third-order valence-corrected chi connectivity index (χ3v) is 2.46. The van der Waals surface area contributed by atoms with Gasteiger partial charge >= 0.3 is 0 Å². The molecule has 0 aromatic rings. The second-order valence-corrected chi connectivity index (χ2v) is 3.93. The van der Waals surface area contributed by atoms with Crippen LogP contribution < -0.4 is 5.32 Å². The van der Waals surface area contributed by atoms with E-state index >= 15 is 0 Å². The molecule has 0 amide bonds. The van der Waals surface area contributed by atoms with Crippen molar-refractivity contribution in [3.05, 3.63) is 0 Å². The van der Waals surface area contributed by atoms with Gasteiger partial charge in [-0.15, -0.1) is 0 Å². The van der Waals surface area contributed by atoms with Gasteiger partial charge in [-0.2, -0.15) is 0 Å². The fourth-order valence-electron chi connectivity index (χ4n) is 1.60. The summed E-state index contributed by atoms with van der Waals surface area (Å²) >= 11 is 0. The maximum absolute atomic E-state index is 5.46. The molecule has 0 aliphatic rings. The number of hydrogen-bond donors (Lipinski definition) is 1. The number of ether oxygens (including phenoxy) is 3. The molecule has 1 N–H and O–H groups in total. The van der Waals surface area contributed by atoms with Gasteiger partial charge in [0.15, 0.2) is 6.29 Å². The molecule has 104 valence electrons. The first kappa shape index (κ1) is 16.8. The summed E-state index contributed by atoms with van der Waals surface area (Å²) in [5, 5.41) is 3.41. The summed E-state index contributed by atoms with van der Waals surface area (Å²) in [4.78, 5) is 0. The summed E-state index contributed by atoms with van der Waals surface area (Å²) in [6.07, 6.45) is 4.45. The third-order valence-electron chi connectivity index (χ3n) is 2.46. The summed E-state index contributed by atoms with van der Waals surface area (Å²) in [5.74, 6) is 0. The van der Waals surface area contributed by atoms with Crippen LogP contribution in [0.2, 0.25) is 0 Å². The third kappa shape index (κ3) is 12.1. The van der Waals surface area contributed by atoms with Crippen molar-refractivity contribution < 1.29 is 14.2 Å². The van der Waals surface area contributed by atoms with Crippen LogP contribution in [0.5, 0.6) is 0 Å². The molecule has 0 bridgehead atoms. The fourth-order valence-corrected chi connectivity index (χ4v) is 1.60. The van der Waals surface area contributed by atoms with Gasteiger partial charge in [-0.3, -0.25) is 0 Å². The summed E-state index contributed by atoms with van der Waals surface area (Å²) < 4.78 is 15.9. The molecular weight excluding hydrogens is 218 g/mol. The van der Waals surface area contributed by atoms with Gasteiger partial charge < -0.3 is 19.5 Å². The predicted octanol–water partition coefficient (Wildman–Crippen LogP) is 2.18. The van der Waals surface area contributed by atoms with Crippen molar-refractivity contribution in [2.24, 2.45) is 0 Å². The van der Waals surface area contributed by atoms with E-state index in [2.05, 4.69) is 5.32 Å². The first-order chi connectivity index (χ1) is 8.35. The molecule has 0 rings (SSSR count). The van der Waals surface area contributed by atoms with Crippen LogP contribution in [-0.2, 0) is 14.2 Å². The minimum atomic E-state index is -0.0500. The van der Waals surface area contributed by atoms with E-state index in [0.717, 1.165) is 32.5 Å². The highest BCUT2D eigenvalue weighted by atomic mass is 16.7. The van der Waals surface area contributed by atoms with Crippen LogP contribution in [-0.4, -0.2) is 46.3 Å². The maximum atomic E-state index is 5.46. The second kappa shape index (κ2) is 13.9. The van der Waals surface area contributed by atoms with Gasteiger partial charge in [0, 0.05) is 33.4 Å². The Morgan fingerprint density at radius 2 is 1.65 bits per heavy atom. The normalized spacial score (nSPS) is 11.3. The molecule has 0 unspecified atom stereocenters. The molecule has 0 aliphatic carbocycles. The van der Waals surface area contributed by atoms with E-state index in [1.165, 1.54) is 12.8 Å². The molecule has 17 heavy (non-hydrogen) atoms. The van der Waals surface area contributed by atoms with E-state index in [4.69, 9.17) is 14.2 Å². The Kier molecular flexibility index (Phi) is 13.8. The Balaban J connectivity index is 3.23. The van der Waals surface area contributed by atoms with Gasteiger partial charge in [-0.1, -0.05) is 0 Å². The molecule has 0 heterocycles. The zero-order valence-electron chi connectivity index (χ0n) is 11.7. The van der Waals surface area contributed by atoms with Crippen LogP contribution in [0.4, 0.5) is 0 Å². The lowest BCUT2D eigenvalue weighted by Crippen LogP contribution is -2.25. The molecule has 0 aromatic carbocycles. The van der Waals surface area contributed by atoms with Gasteiger partial charge in [0.1, 0.15) is 0 Å². The topological polar surface area (TPSA) is 39.7 Å². The SMILES string of the molecule is CCOC(CCNCCCCCOC)OCC. The molecule has 4 heteroatoms. The first-order valence-electron chi connectivity index (χ1n) is 6.78. The van der Waals surface area contributed by atoms with E-state index in [0.29, 0.717) is 13.2 Å². The van der Waals surface area contributed by atoms with Crippen LogP contribution in [0.3, 0.4) is 0 Å². The van der Waals surface area contributed by atoms with Crippen molar-refractivity contribution in [3.63, 3.8) is 0 Å². The lowest BCUT2D eigenvalue weighted by atomic mass is 10.2. The number of unbranched alkanes of at least 4 members (excludes halogenated alkanes) is 2. The summed E-state index contributed by atoms with van der Waals surface area (Å²) in [6.45, 7) is 8.30. The zero-order chi connectivity index (χ0) is 12.8. The predicted molar refractivity (Wildman–Crippen MR) is 70.3 cm³/mol. The number of hydrogen-bond acceptors (Lipinski definition) is 4. The number of nitrogens with one attached hydrogen (secondary N) is 1.